The van der Waals surface area contributed by atoms with Crippen LogP contribution in [-0.2, 0) is 6.54 Å². The van der Waals surface area contributed by atoms with Crippen LogP contribution in [0, 0.1) is 0 Å². The van der Waals surface area contributed by atoms with Gasteiger partial charge in [-0.05, 0) is 6.07 Å². The number of fused-ring (bicyclic) bond motifs is 1. The lowest BCUT2D eigenvalue weighted by Gasteiger charge is -2.10. The molecule has 0 aliphatic carbocycles. The molecule has 0 saturated carbocycles. The predicted octanol–water partition coefficient (Wildman–Crippen LogP) is 2.29. The van der Waals surface area contributed by atoms with Crippen molar-refractivity contribution in [2.24, 2.45) is 0 Å². The van der Waals surface area contributed by atoms with Crippen LogP contribution in [0.3, 0.4) is 0 Å². The zero-order valence-electron chi connectivity index (χ0n) is 13.2. The summed E-state index contributed by atoms with van der Waals surface area (Å²) < 4.78 is 4.05. The minimum Gasteiger partial charge on any atom is -0.244 e. The molecule has 0 aromatic carbocycles. The van der Waals surface area contributed by atoms with Crippen molar-refractivity contribution in [2.45, 2.75) is 23.3 Å². The van der Waals surface area contributed by atoms with Crippen molar-refractivity contribution in [3.05, 3.63) is 70.8 Å². The average molecular weight is 357 g/mol. The van der Waals surface area contributed by atoms with Gasteiger partial charge in [-0.15, -0.1) is 23.5 Å². The van der Waals surface area contributed by atoms with E-state index in [0.717, 1.165) is 22.5 Å². The number of hydrogen-bond donors (Lipinski definition) is 0. The van der Waals surface area contributed by atoms with Gasteiger partial charge in [0.05, 0.1) is 10.8 Å². The maximum absolute atomic E-state index is 12.9. The topological polar surface area (TPSA) is 51.1 Å². The minimum atomic E-state index is 0.0743. The Kier molecular flexibility index (Phi) is 4.28. The Balaban J connectivity index is 1.85. The van der Waals surface area contributed by atoms with Gasteiger partial charge in [-0.1, -0.05) is 13.0 Å². The Hall–Kier alpha value is -1.86. The molecule has 1 saturated heterocycles. The lowest BCUT2D eigenvalue weighted by atomic mass is 10.3. The van der Waals surface area contributed by atoms with Crippen molar-refractivity contribution in [1.29, 1.82) is 0 Å². The Morgan fingerprint density at radius 1 is 1.33 bits per heavy atom. The predicted molar refractivity (Wildman–Crippen MR) is 97.2 cm³/mol. The molecule has 1 aliphatic rings. The second kappa shape index (κ2) is 6.57. The molecule has 2 unspecified atom stereocenters. The van der Waals surface area contributed by atoms with E-state index in [9.17, 15) is 4.79 Å². The first-order valence-corrected chi connectivity index (χ1v) is 9.76. The molecule has 0 amide bonds. The summed E-state index contributed by atoms with van der Waals surface area (Å²) >= 11 is 3.72. The van der Waals surface area contributed by atoms with Gasteiger partial charge < -0.3 is 0 Å². The van der Waals surface area contributed by atoms with Gasteiger partial charge in [-0.25, -0.2) is 19.3 Å². The average Bonchev–Trinajstić information content (AvgIpc) is 3.04. The Labute approximate surface area is 148 Å². The van der Waals surface area contributed by atoms with Gasteiger partial charge in [0.2, 0.25) is 0 Å². The summed E-state index contributed by atoms with van der Waals surface area (Å²) in [6.07, 6.45) is 9.00. The Morgan fingerprint density at radius 3 is 2.92 bits per heavy atom. The normalized spacial score (nSPS) is 20.5. The highest BCUT2D eigenvalue weighted by Gasteiger charge is 2.30. The number of aromatic nitrogens is 4. The first-order valence-electron chi connectivity index (χ1n) is 7.77. The van der Waals surface area contributed by atoms with Crippen LogP contribution in [0.1, 0.15) is 22.6 Å². The van der Waals surface area contributed by atoms with Crippen LogP contribution in [0.5, 0.6) is 0 Å². The number of pyridine rings is 1. The molecule has 0 N–H and O–H groups in total. The number of thioether (sulfide) groups is 2. The van der Waals surface area contributed by atoms with Crippen molar-refractivity contribution in [1.82, 2.24) is 14.4 Å². The van der Waals surface area contributed by atoms with Crippen LogP contribution in [0.25, 0.3) is 5.65 Å². The highest BCUT2D eigenvalue weighted by Crippen LogP contribution is 2.47. The smallest absolute Gasteiger partial charge is 0.244 e. The summed E-state index contributed by atoms with van der Waals surface area (Å²) in [6, 6.07) is 5.81. The van der Waals surface area contributed by atoms with E-state index in [4.69, 9.17) is 0 Å². The van der Waals surface area contributed by atoms with Crippen molar-refractivity contribution >= 4 is 29.2 Å². The van der Waals surface area contributed by atoms with Gasteiger partial charge in [0.1, 0.15) is 24.6 Å². The molecule has 3 aromatic heterocycles. The van der Waals surface area contributed by atoms with E-state index in [0.29, 0.717) is 11.8 Å². The maximum atomic E-state index is 12.9. The minimum absolute atomic E-state index is 0.0743. The molecule has 7 heteroatoms. The van der Waals surface area contributed by atoms with Gasteiger partial charge >= 0.3 is 5.56 Å². The van der Waals surface area contributed by atoms with E-state index in [1.807, 2.05) is 66.5 Å². The summed E-state index contributed by atoms with van der Waals surface area (Å²) in [5.41, 5.74) is 2.81. The molecule has 122 valence electrons. The fourth-order valence-electron chi connectivity index (χ4n) is 2.84. The molecule has 2 atom stereocenters. The van der Waals surface area contributed by atoms with E-state index in [1.165, 1.54) is 6.33 Å². The van der Waals surface area contributed by atoms with Crippen molar-refractivity contribution in [3.63, 3.8) is 0 Å². The lowest BCUT2D eigenvalue weighted by Crippen LogP contribution is -2.41. The fourth-order valence-corrected chi connectivity index (χ4v) is 6.03. The third-order valence-electron chi connectivity index (χ3n) is 3.95. The molecule has 0 bridgehead atoms. The summed E-state index contributed by atoms with van der Waals surface area (Å²) in [5.74, 6) is 1.08. The van der Waals surface area contributed by atoms with Crippen molar-refractivity contribution in [2.75, 3.05) is 5.75 Å². The van der Waals surface area contributed by atoms with Crippen LogP contribution in [0.15, 0.2) is 54.1 Å². The summed E-state index contributed by atoms with van der Waals surface area (Å²) in [7, 11) is 0. The monoisotopic (exact) mass is 357 g/mol. The number of hydrogen-bond acceptors (Lipinski definition) is 5. The van der Waals surface area contributed by atoms with Crippen molar-refractivity contribution < 1.29 is 4.57 Å². The molecule has 4 heterocycles. The van der Waals surface area contributed by atoms with Crippen LogP contribution in [-0.4, -0.2) is 25.4 Å². The lowest BCUT2D eigenvalue weighted by molar-refractivity contribution is -0.666. The first kappa shape index (κ1) is 15.7. The molecule has 0 radical (unpaired) electrons. The second-order valence-electron chi connectivity index (χ2n) is 5.81. The molecule has 4 rings (SSSR count). The van der Waals surface area contributed by atoms with Crippen LogP contribution in [0.4, 0.5) is 0 Å². The molecule has 1 fully saturated rings. The van der Waals surface area contributed by atoms with E-state index in [2.05, 4.69) is 21.5 Å². The number of rotatable bonds is 3. The fraction of sp³-hybridized carbons (Fsp3) is 0.294. The van der Waals surface area contributed by atoms with Gasteiger partial charge in [0, 0.05) is 35.0 Å². The largest absolute Gasteiger partial charge is 0.347 e. The van der Waals surface area contributed by atoms with E-state index >= 15 is 0 Å². The summed E-state index contributed by atoms with van der Waals surface area (Å²) in [6.45, 7) is 2.85. The molecular weight excluding hydrogens is 340 g/mol. The third kappa shape index (κ3) is 2.93. The maximum Gasteiger partial charge on any atom is 0.347 e. The quantitative estimate of drug-likeness (QED) is 0.673. The van der Waals surface area contributed by atoms with Crippen LogP contribution >= 0.6 is 23.5 Å². The van der Waals surface area contributed by atoms with E-state index in [1.54, 1.807) is 4.40 Å². The van der Waals surface area contributed by atoms with E-state index < -0.39 is 0 Å². The van der Waals surface area contributed by atoms with Crippen molar-refractivity contribution in [3.8, 4) is 0 Å². The third-order valence-corrected chi connectivity index (χ3v) is 7.29. The molecule has 5 nitrogen and oxygen atoms in total. The van der Waals surface area contributed by atoms with E-state index in [-0.39, 0.29) is 10.1 Å². The molecule has 3 aromatic rings. The number of nitrogens with zero attached hydrogens (tertiary/aromatic N) is 4. The summed E-state index contributed by atoms with van der Waals surface area (Å²) in [4.78, 5) is 21.1. The molecule has 24 heavy (non-hydrogen) atoms. The second-order valence-corrected chi connectivity index (χ2v) is 8.79. The van der Waals surface area contributed by atoms with Gasteiger partial charge in [0.25, 0.3) is 5.65 Å². The zero-order valence-corrected chi connectivity index (χ0v) is 14.8. The highest BCUT2D eigenvalue weighted by molar-refractivity contribution is 8.19. The Bertz CT molecular complexity index is 929. The molecular formula is C17H17N4OS2+. The first-order chi connectivity index (χ1) is 11.7. The zero-order chi connectivity index (χ0) is 16.5. The SMILES string of the molecule is CC1CSC(c2c[n+](Cc3cncnc3)c3ccccn3c2=O)S1. The summed E-state index contributed by atoms with van der Waals surface area (Å²) in [5, 5.41) is 0.576. The standard InChI is InChI=1S/C17H17N4OS2/c1-12-10-23-17(24-12)14-9-20(8-13-6-18-11-19-7-13)15-4-2-3-5-21(15)16(14)22/h2-7,9,11-12,17H,8,10H2,1H3/q+1. The van der Waals surface area contributed by atoms with Crippen LogP contribution < -0.4 is 10.1 Å². The van der Waals surface area contributed by atoms with Gasteiger partial charge in [-0.3, -0.25) is 0 Å². The molecule has 0 spiro atoms. The highest BCUT2D eigenvalue weighted by atomic mass is 32.2. The Morgan fingerprint density at radius 2 is 2.17 bits per heavy atom. The van der Waals surface area contributed by atoms with Crippen LogP contribution in [0.2, 0.25) is 0 Å². The van der Waals surface area contributed by atoms with Gasteiger partial charge in [0.15, 0.2) is 0 Å². The molecule has 1 aliphatic heterocycles. The van der Waals surface area contributed by atoms with Gasteiger partial charge in [-0.2, -0.15) is 4.40 Å².